The van der Waals surface area contributed by atoms with Crippen LogP contribution in [-0.2, 0) is 35.3 Å². The number of amides is 5. The third-order valence-electron chi connectivity index (χ3n) is 8.29. The Labute approximate surface area is 321 Å². The van der Waals surface area contributed by atoms with Crippen LogP contribution in [0.15, 0.2) is 96.0 Å². The van der Waals surface area contributed by atoms with Gasteiger partial charge in [-0.3, -0.25) is 44.0 Å². The van der Waals surface area contributed by atoms with Crippen molar-refractivity contribution in [3.8, 4) is 5.75 Å². The molecule has 56 heavy (non-hydrogen) atoms. The number of non-ortho nitro benzene ring substituents is 1. The van der Waals surface area contributed by atoms with E-state index in [1.54, 1.807) is 54.6 Å². The Balaban J connectivity index is 1.33. The number of nitro groups is 1. The number of nitrogens with zero attached hydrogens (tertiary/aromatic N) is 3. The lowest BCUT2D eigenvalue weighted by Gasteiger charge is -2.23. The number of rotatable bonds is 20. The van der Waals surface area contributed by atoms with Crippen LogP contribution < -0.4 is 32.2 Å². The molecule has 0 bridgehead atoms. The van der Waals surface area contributed by atoms with Crippen LogP contribution in [0.1, 0.15) is 55.7 Å². The number of aliphatic imine (C=N–C) groups is 1. The van der Waals surface area contributed by atoms with Gasteiger partial charge in [0.25, 0.3) is 17.5 Å². The van der Waals surface area contributed by atoms with E-state index in [1.807, 2.05) is 0 Å². The molecule has 1 heterocycles. The standard InChI is InChI=1S/C38H42N8O10/c39-37(40)41-22-7-10-30(35(50)42-27-14-12-25(13-15-27)24-55-38(52)56-29-18-16-28(17-19-29)46(53)54)43-36(51)34(26-8-3-1-4-9-26)44-31(47)11-5-2-6-23-45-32(48)20-21-33(45)49/h1,3-4,8-9,12-21,30,34H,2,5-7,10-11,22-24H2,(H,42,50)(H,43,51)(H,44,47)(H4,39,40,41)/t30-,34-/m0/s1. The van der Waals surface area contributed by atoms with Crippen molar-refractivity contribution < 1.29 is 43.2 Å². The van der Waals surface area contributed by atoms with E-state index in [0.29, 0.717) is 42.5 Å². The fraction of sp³-hybridized carbons (Fsp3) is 0.289. The summed E-state index contributed by atoms with van der Waals surface area (Å²) in [4.78, 5) is 91.3. The van der Waals surface area contributed by atoms with Crippen LogP contribution >= 0.6 is 0 Å². The Morgan fingerprint density at radius 1 is 0.821 bits per heavy atom. The van der Waals surface area contributed by atoms with Crippen LogP contribution in [0, 0.1) is 10.1 Å². The number of hydrogen-bond acceptors (Lipinski definition) is 11. The van der Waals surface area contributed by atoms with Crippen LogP contribution in [0.5, 0.6) is 5.75 Å². The first kappa shape index (κ1) is 41.6. The second-order valence-corrected chi connectivity index (χ2v) is 12.5. The van der Waals surface area contributed by atoms with E-state index in [4.69, 9.17) is 20.9 Å². The summed E-state index contributed by atoms with van der Waals surface area (Å²) in [6, 6.07) is 17.6. The van der Waals surface area contributed by atoms with Crippen LogP contribution in [0.3, 0.4) is 0 Å². The average molecular weight is 771 g/mol. The SMILES string of the molecule is NC(N)=NCCC[C@H](NC(=O)[C@@H](NC(=O)CCCCCN1C(=O)C=CC1=O)c1ccccc1)C(=O)Nc1ccc(COC(=O)Oc2ccc([N+](=O)[O-])cc2)cc1. The van der Waals surface area contributed by atoms with E-state index < -0.39 is 40.9 Å². The fourth-order valence-electron chi connectivity index (χ4n) is 5.41. The average Bonchev–Trinajstić information content (AvgIpc) is 3.50. The monoisotopic (exact) mass is 770 g/mol. The van der Waals surface area contributed by atoms with Gasteiger partial charge >= 0.3 is 6.16 Å². The number of nitrogens with one attached hydrogen (secondary N) is 3. The quantitative estimate of drug-likeness (QED) is 0.0162. The third kappa shape index (κ3) is 13.4. The molecule has 294 valence electrons. The van der Waals surface area contributed by atoms with Crippen molar-refractivity contribution in [2.45, 2.75) is 57.2 Å². The van der Waals surface area contributed by atoms with Crippen molar-refractivity contribution in [2.75, 3.05) is 18.4 Å². The maximum Gasteiger partial charge on any atom is 0.514 e. The summed E-state index contributed by atoms with van der Waals surface area (Å²) >= 11 is 0. The molecule has 0 radical (unpaired) electrons. The normalized spacial score (nSPS) is 13.0. The molecule has 0 aromatic heterocycles. The summed E-state index contributed by atoms with van der Waals surface area (Å²) in [7, 11) is 0. The Morgan fingerprint density at radius 2 is 1.50 bits per heavy atom. The predicted molar refractivity (Wildman–Crippen MR) is 202 cm³/mol. The van der Waals surface area contributed by atoms with Gasteiger partial charge in [-0.1, -0.05) is 48.9 Å². The molecule has 1 aliphatic rings. The van der Waals surface area contributed by atoms with Crippen LogP contribution in [-0.4, -0.2) is 70.6 Å². The lowest BCUT2D eigenvalue weighted by Crippen LogP contribution is -2.49. The number of ether oxygens (including phenoxy) is 2. The molecule has 18 nitrogen and oxygen atoms in total. The van der Waals surface area contributed by atoms with Crippen molar-refractivity contribution in [1.29, 1.82) is 0 Å². The first-order chi connectivity index (χ1) is 26.9. The molecule has 3 aromatic rings. The van der Waals surface area contributed by atoms with Gasteiger partial charge in [-0.25, -0.2) is 4.79 Å². The molecule has 0 fully saturated rings. The lowest BCUT2D eigenvalue weighted by molar-refractivity contribution is -0.384. The molecule has 4 rings (SSSR count). The van der Waals surface area contributed by atoms with Crippen LogP contribution in [0.4, 0.5) is 16.2 Å². The summed E-state index contributed by atoms with van der Waals surface area (Å²) < 4.78 is 10.1. The van der Waals surface area contributed by atoms with Gasteiger partial charge < -0.3 is 36.9 Å². The topological polar surface area (TPSA) is 268 Å². The Morgan fingerprint density at radius 3 is 2.14 bits per heavy atom. The number of anilines is 1. The summed E-state index contributed by atoms with van der Waals surface area (Å²) in [6.45, 7) is 0.268. The number of carbonyl (C=O) groups is 6. The number of nitrogens with two attached hydrogens (primary N) is 2. The highest BCUT2D eigenvalue weighted by Gasteiger charge is 2.28. The molecule has 5 amide bonds. The molecule has 0 saturated carbocycles. The Kier molecular flexibility index (Phi) is 15.6. The van der Waals surface area contributed by atoms with Gasteiger partial charge in [-0.2, -0.15) is 0 Å². The van der Waals surface area contributed by atoms with Crippen molar-refractivity contribution in [3.05, 3.63) is 112 Å². The molecule has 7 N–H and O–H groups in total. The molecule has 1 aliphatic heterocycles. The summed E-state index contributed by atoms with van der Waals surface area (Å²) in [5.41, 5.74) is 12.1. The van der Waals surface area contributed by atoms with E-state index in [2.05, 4.69) is 20.9 Å². The number of carbonyl (C=O) groups excluding carboxylic acids is 6. The molecule has 2 atom stereocenters. The Hall–Kier alpha value is -7.11. The third-order valence-corrected chi connectivity index (χ3v) is 8.29. The van der Waals surface area contributed by atoms with Gasteiger partial charge in [0.15, 0.2) is 5.96 Å². The number of hydrogen-bond donors (Lipinski definition) is 5. The summed E-state index contributed by atoms with van der Waals surface area (Å²) in [6.07, 6.45) is 3.50. The highest BCUT2D eigenvalue weighted by atomic mass is 16.7. The van der Waals surface area contributed by atoms with Crippen molar-refractivity contribution in [1.82, 2.24) is 15.5 Å². The molecular formula is C38H42N8O10. The first-order valence-electron chi connectivity index (χ1n) is 17.6. The number of unbranched alkanes of at least 4 members (excludes halogenated alkanes) is 2. The molecule has 0 aliphatic carbocycles. The minimum absolute atomic E-state index is 0.0638. The summed E-state index contributed by atoms with van der Waals surface area (Å²) in [5.74, 6) is -2.37. The highest BCUT2D eigenvalue weighted by Crippen LogP contribution is 2.19. The number of benzene rings is 3. The van der Waals surface area contributed by atoms with Crippen LogP contribution in [0.25, 0.3) is 0 Å². The second kappa shape index (κ2) is 21.0. The van der Waals surface area contributed by atoms with E-state index in [-0.39, 0.29) is 61.7 Å². The van der Waals surface area contributed by atoms with Gasteiger partial charge in [0.05, 0.1) is 4.92 Å². The van der Waals surface area contributed by atoms with Crippen LogP contribution in [0.2, 0.25) is 0 Å². The fourth-order valence-corrected chi connectivity index (χ4v) is 5.41. The number of guanidine groups is 1. The van der Waals surface area contributed by atoms with Crippen molar-refractivity contribution >= 4 is 53.0 Å². The van der Waals surface area contributed by atoms with E-state index >= 15 is 0 Å². The van der Waals surface area contributed by atoms with Gasteiger partial charge in [0.1, 0.15) is 24.4 Å². The lowest BCUT2D eigenvalue weighted by atomic mass is 10.0. The van der Waals surface area contributed by atoms with Gasteiger partial charge in [0, 0.05) is 49.5 Å². The van der Waals surface area contributed by atoms with E-state index in [9.17, 15) is 38.9 Å². The maximum absolute atomic E-state index is 13.8. The highest BCUT2D eigenvalue weighted by molar-refractivity contribution is 6.12. The zero-order valence-electron chi connectivity index (χ0n) is 30.3. The van der Waals surface area contributed by atoms with Crippen molar-refractivity contribution in [3.63, 3.8) is 0 Å². The largest absolute Gasteiger partial charge is 0.514 e. The smallest absolute Gasteiger partial charge is 0.429 e. The molecule has 18 heteroatoms. The first-order valence-corrected chi connectivity index (χ1v) is 17.6. The molecular weight excluding hydrogens is 728 g/mol. The van der Waals surface area contributed by atoms with E-state index in [0.717, 1.165) is 4.90 Å². The van der Waals surface area contributed by atoms with Gasteiger partial charge in [-0.05, 0) is 61.1 Å². The molecule has 3 aromatic carbocycles. The maximum atomic E-state index is 13.8. The van der Waals surface area contributed by atoms with Gasteiger partial charge in [-0.15, -0.1) is 0 Å². The Bertz CT molecular complexity index is 1910. The number of imide groups is 1. The second-order valence-electron chi connectivity index (χ2n) is 12.5. The zero-order valence-corrected chi connectivity index (χ0v) is 30.3. The molecule has 0 spiro atoms. The number of nitro benzene ring substituents is 1. The van der Waals surface area contributed by atoms with Crippen molar-refractivity contribution in [2.24, 2.45) is 16.5 Å². The van der Waals surface area contributed by atoms with E-state index in [1.165, 1.54) is 36.4 Å². The minimum Gasteiger partial charge on any atom is -0.429 e. The summed E-state index contributed by atoms with van der Waals surface area (Å²) in [5, 5.41) is 19.1. The zero-order chi connectivity index (χ0) is 40.5. The molecule has 0 unspecified atom stereocenters. The minimum atomic E-state index is -1.13. The predicted octanol–water partition coefficient (Wildman–Crippen LogP) is 3.13. The van der Waals surface area contributed by atoms with Gasteiger partial charge in [0.2, 0.25) is 17.7 Å². The molecule has 0 saturated heterocycles.